The molecule has 0 heterocycles. The lowest BCUT2D eigenvalue weighted by molar-refractivity contribution is -0.127. The van der Waals surface area contributed by atoms with Gasteiger partial charge in [-0.2, -0.15) is 0 Å². The lowest BCUT2D eigenvalue weighted by Gasteiger charge is -2.23. The molecule has 0 fully saturated rings. The molecule has 1 atom stereocenters. The van der Waals surface area contributed by atoms with Gasteiger partial charge in [-0.1, -0.05) is 62.4 Å². The summed E-state index contributed by atoms with van der Waals surface area (Å²) in [5.41, 5.74) is 2.74. The van der Waals surface area contributed by atoms with Crippen LogP contribution in [0.1, 0.15) is 25.0 Å². The highest BCUT2D eigenvalue weighted by Gasteiger charge is 2.24. The second-order valence-electron chi connectivity index (χ2n) is 7.34. The Morgan fingerprint density at radius 1 is 0.963 bits per heavy atom. The van der Waals surface area contributed by atoms with Gasteiger partial charge in [-0.3, -0.25) is 9.59 Å². The van der Waals surface area contributed by atoms with E-state index < -0.39 is 6.04 Å². The standard InChI is InChI=1S/C22H29N3O2/c1-16(2)21(24-20(26)14-17-10-6-5-7-11-17)22(27)23-19-13-9-8-12-18(19)15-25(3)4/h5-13,16,21H,14-15H2,1-4H3,(H,23,27)(H,24,26)/t21-/m1/s1. The minimum absolute atomic E-state index is 0.0225. The highest BCUT2D eigenvalue weighted by atomic mass is 16.2. The fourth-order valence-electron chi connectivity index (χ4n) is 2.87. The molecule has 5 heteroatoms. The van der Waals surface area contributed by atoms with Gasteiger partial charge in [0.15, 0.2) is 0 Å². The summed E-state index contributed by atoms with van der Waals surface area (Å²) in [6.07, 6.45) is 0.258. The van der Waals surface area contributed by atoms with E-state index in [4.69, 9.17) is 0 Å². The van der Waals surface area contributed by atoms with Crippen molar-refractivity contribution in [3.8, 4) is 0 Å². The average molecular weight is 367 g/mol. The van der Waals surface area contributed by atoms with Crippen LogP contribution in [-0.4, -0.2) is 36.9 Å². The van der Waals surface area contributed by atoms with Crippen molar-refractivity contribution in [1.29, 1.82) is 0 Å². The number of para-hydroxylation sites is 1. The molecule has 0 saturated carbocycles. The Hall–Kier alpha value is -2.66. The van der Waals surface area contributed by atoms with Gasteiger partial charge in [0.1, 0.15) is 6.04 Å². The first-order valence-electron chi connectivity index (χ1n) is 9.23. The zero-order chi connectivity index (χ0) is 19.8. The maximum Gasteiger partial charge on any atom is 0.247 e. The molecule has 2 N–H and O–H groups in total. The van der Waals surface area contributed by atoms with Gasteiger partial charge in [-0.05, 0) is 37.2 Å². The van der Waals surface area contributed by atoms with Gasteiger partial charge < -0.3 is 15.5 Å². The van der Waals surface area contributed by atoms with Gasteiger partial charge in [0.25, 0.3) is 0 Å². The van der Waals surface area contributed by atoms with E-state index in [0.717, 1.165) is 23.4 Å². The van der Waals surface area contributed by atoms with Gasteiger partial charge in [0, 0.05) is 12.2 Å². The number of rotatable bonds is 8. The molecule has 0 radical (unpaired) electrons. The van der Waals surface area contributed by atoms with E-state index in [2.05, 4.69) is 10.6 Å². The third-order valence-corrected chi connectivity index (χ3v) is 4.23. The largest absolute Gasteiger partial charge is 0.344 e. The second kappa shape index (κ2) is 9.88. The third-order valence-electron chi connectivity index (χ3n) is 4.23. The molecule has 0 aliphatic rings. The van der Waals surface area contributed by atoms with Crippen molar-refractivity contribution in [2.24, 2.45) is 5.92 Å². The fraction of sp³-hybridized carbons (Fsp3) is 0.364. The summed E-state index contributed by atoms with van der Waals surface area (Å²) in [5, 5.41) is 5.87. The average Bonchev–Trinajstić information content (AvgIpc) is 2.61. The van der Waals surface area contributed by atoms with Crippen molar-refractivity contribution in [3.63, 3.8) is 0 Å². The normalized spacial score (nSPS) is 12.1. The minimum atomic E-state index is -0.589. The molecule has 0 aliphatic heterocycles. The van der Waals surface area contributed by atoms with Crippen molar-refractivity contribution >= 4 is 17.5 Å². The second-order valence-corrected chi connectivity index (χ2v) is 7.34. The number of carbonyl (C=O) groups excluding carboxylic acids is 2. The van der Waals surface area contributed by atoms with Crippen LogP contribution in [0.15, 0.2) is 54.6 Å². The van der Waals surface area contributed by atoms with Gasteiger partial charge in [-0.25, -0.2) is 0 Å². The topological polar surface area (TPSA) is 61.4 Å². The smallest absolute Gasteiger partial charge is 0.247 e. The molecular formula is C22H29N3O2. The van der Waals surface area contributed by atoms with E-state index in [0.29, 0.717) is 0 Å². The molecule has 2 aromatic rings. The summed E-state index contributed by atoms with van der Waals surface area (Å²) in [5.74, 6) is -0.375. The van der Waals surface area contributed by atoms with Gasteiger partial charge in [-0.15, -0.1) is 0 Å². The van der Waals surface area contributed by atoms with Crippen LogP contribution in [0.4, 0.5) is 5.69 Å². The van der Waals surface area contributed by atoms with E-state index in [1.165, 1.54) is 0 Å². The molecule has 0 bridgehead atoms. The van der Waals surface area contributed by atoms with Crippen LogP contribution in [-0.2, 0) is 22.6 Å². The summed E-state index contributed by atoms with van der Waals surface area (Å²) in [6.45, 7) is 4.58. The summed E-state index contributed by atoms with van der Waals surface area (Å²) < 4.78 is 0. The summed E-state index contributed by atoms with van der Waals surface area (Å²) in [4.78, 5) is 27.3. The Morgan fingerprint density at radius 2 is 1.59 bits per heavy atom. The lowest BCUT2D eigenvalue weighted by atomic mass is 10.0. The van der Waals surface area contributed by atoms with E-state index >= 15 is 0 Å². The zero-order valence-electron chi connectivity index (χ0n) is 16.5. The highest BCUT2D eigenvalue weighted by molar-refractivity contribution is 5.98. The van der Waals surface area contributed by atoms with Gasteiger partial charge in [0.05, 0.1) is 6.42 Å². The lowest BCUT2D eigenvalue weighted by Crippen LogP contribution is -2.47. The molecule has 144 valence electrons. The molecule has 0 unspecified atom stereocenters. The number of nitrogens with one attached hydrogen (secondary N) is 2. The quantitative estimate of drug-likeness (QED) is 0.754. The zero-order valence-corrected chi connectivity index (χ0v) is 16.5. The number of benzene rings is 2. The SMILES string of the molecule is CC(C)[C@@H](NC(=O)Cc1ccccc1)C(=O)Nc1ccccc1CN(C)C. The molecular weight excluding hydrogens is 338 g/mol. The van der Waals surface area contributed by atoms with Crippen LogP contribution in [0, 0.1) is 5.92 Å². The molecule has 0 aromatic heterocycles. The monoisotopic (exact) mass is 367 g/mol. The predicted molar refractivity (Wildman–Crippen MR) is 109 cm³/mol. The molecule has 2 amide bonds. The van der Waals surface area contributed by atoms with Crippen molar-refractivity contribution in [2.45, 2.75) is 32.9 Å². The predicted octanol–water partition coefficient (Wildman–Crippen LogP) is 3.07. The first-order valence-corrected chi connectivity index (χ1v) is 9.23. The summed E-state index contributed by atoms with van der Waals surface area (Å²) in [7, 11) is 3.97. The van der Waals surface area contributed by atoms with Gasteiger partial charge in [0.2, 0.25) is 11.8 Å². The van der Waals surface area contributed by atoms with Crippen LogP contribution in [0.3, 0.4) is 0 Å². The molecule has 0 saturated heterocycles. The van der Waals surface area contributed by atoms with Crippen LogP contribution in [0.2, 0.25) is 0 Å². The third kappa shape index (κ3) is 6.53. The number of carbonyl (C=O) groups is 2. The van der Waals surface area contributed by atoms with Gasteiger partial charge >= 0.3 is 0 Å². The molecule has 0 spiro atoms. The Morgan fingerprint density at radius 3 is 2.22 bits per heavy atom. The molecule has 2 rings (SSSR count). The van der Waals surface area contributed by atoms with Crippen LogP contribution >= 0.6 is 0 Å². The van der Waals surface area contributed by atoms with E-state index in [9.17, 15) is 9.59 Å². The number of anilines is 1. The highest BCUT2D eigenvalue weighted by Crippen LogP contribution is 2.17. The number of hydrogen-bond donors (Lipinski definition) is 2. The maximum absolute atomic E-state index is 12.8. The van der Waals surface area contributed by atoms with E-state index in [-0.39, 0.29) is 24.2 Å². The first-order chi connectivity index (χ1) is 12.9. The molecule has 27 heavy (non-hydrogen) atoms. The Labute approximate surface area is 161 Å². The van der Waals surface area contributed by atoms with Crippen LogP contribution in [0.5, 0.6) is 0 Å². The Bertz CT molecular complexity index is 757. The number of amides is 2. The summed E-state index contributed by atoms with van der Waals surface area (Å²) in [6, 6.07) is 16.7. The fourth-order valence-corrected chi connectivity index (χ4v) is 2.87. The minimum Gasteiger partial charge on any atom is -0.344 e. The van der Waals surface area contributed by atoms with Crippen LogP contribution < -0.4 is 10.6 Å². The number of hydrogen-bond acceptors (Lipinski definition) is 3. The summed E-state index contributed by atoms with van der Waals surface area (Å²) >= 11 is 0. The van der Waals surface area contributed by atoms with E-state index in [1.807, 2.05) is 87.4 Å². The van der Waals surface area contributed by atoms with Crippen molar-refractivity contribution < 1.29 is 9.59 Å². The molecule has 0 aliphatic carbocycles. The molecule has 5 nitrogen and oxygen atoms in total. The van der Waals surface area contributed by atoms with Crippen molar-refractivity contribution in [1.82, 2.24) is 10.2 Å². The van der Waals surface area contributed by atoms with E-state index in [1.54, 1.807) is 0 Å². The van der Waals surface area contributed by atoms with Crippen LogP contribution in [0.25, 0.3) is 0 Å². The Kier molecular flexibility index (Phi) is 7.55. The molecule has 2 aromatic carbocycles. The van der Waals surface area contributed by atoms with Crippen molar-refractivity contribution in [3.05, 3.63) is 65.7 Å². The number of nitrogens with zero attached hydrogens (tertiary/aromatic N) is 1. The maximum atomic E-state index is 12.8. The van der Waals surface area contributed by atoms with Crippen molar-refractivity contribution in [2.75, 3.05) is 19.4 Å². The first kappa shape index (κ1) is 20.6. The Balaban J connectivity index is 2.06.